The number of carbonyl (C=O) groups excluding carboxylic acids is 2. The molecule has 0 radical (unpaired) electrons. The van der Waals surface area contributed by atoms with Gasteiger partial charge in [0.1, 0.15) is 11.6 Å². The van der Waals surface area contributed by atoms with Crippen LogP contribution >= 0.6 is 0 Å². The van der Waals surface area contributed by atoms with Crippen molar-refractivity contribution in [1.82, 2.24) is 10.2 Å². The summed E-state index contributed by atoms with van der Waals surface area (Å²) in [5.41, 5.74) is -0.600. The van der Waals surface area contributed by atoms with E-state index in [0.717, 1.165) is 38.6 Å². The molecular formula is C14H24N2O2. The lowest BCUT2D eigenvalue weighted by molar-refractivity contribution is -0.157. The van der Waals surface area contributed by atoms with Gasteiger partial charge < -0.3 is 10.2 Å². The van der Waals surface area contributed by atoms with E-state index in [1.54, 1.807) is 6.92 Å². The third-order valence-electron chi connectivity index (χ3n) is 4.36. The van der Waals surface area contributed by atoms with Crippen molar-refractivity contribution in [3.8, 4) is 0 Å². The molecule has 2 unspecified atom stereocenters. The molecule has 1 heterocycles. The van der Waals surface area contributed by atoms with E-state index in [9.17, 15) is 9.59 Å². The highest BCUT2D eigenvalue weighted by Gasteiger charge is 2.56. The van der Waals surface area contributed by atoms with Crippen LogP contribution in [0.1, 0.15) is 52.9 Å². The van der Waals surface area contributed by atoms with Gasteiger partial charge in [0.05, 0.1) is 0 Å². The Morgan fingerprint density at radius 1 is 1.33 bits per heavy atom. The molecule has 1 aliphatic carbocycles. The Kier molecular flexibility index (Phi) is 3.64. The van der Waals surface area contributed by atoms with Crippen LogP contribution in [0.25, 0.3) is 0 Å². The quantitative estimate of drug-likeness (QED) is 0.757. The summed E-state index contributed by atoms with van der Waals surface area (Å²) in [5.74, 6) is 0.476. The molecule has 2 rings (SSSR count). The van der Waals surface area contributed by atoms with Crippen molar-refractivity contribution >= 4 is 11.8 Å². The second kappa shape index (κ2) is 4.90. The predicted molar refractivity (Wildman–Crippen MR) is 70.0 cm³/mol. The largest absolute Gasteiger partial charge is 0.343 e. The summed E-state index contributed by atoms with van der Waals surface area (Å²) in [6.07, 6.45) is 5.36. The number of hydrogen-bond acceptors (Lipinski definition) is 2. The van der Waals surface area contributed by atoms with Crippen molar-refractivity contribution < 1.29 is 9.59 Å². The second-order valence-electron chi connectivity index (χ2n) is 5.81. The lowest BCUT2D eigenvalue weighted by Gasteiger charge is -2.46. The molecular weight excluding hydrogens is 228 g/mol. The summed E-state index contributed by atoms with van der Waals surface area (Å²) in [6.45, 7) is 6.58. The molecule has 2 amide bonds. The summed E-state index contributed by atoms with van der Waals surface area (Å²) < 4.78 is 0. The maximum atomic E-state index is 12.3. The van der Waals surface area contributed by atoms with Crippen LogP contribution in [0.4, 0.5) is 0 Å². The molecule has 4 heteroatoms. The molecule has 18 heavy (non-hydrogen) atoms. The van der Waals surface area contributed by atoms with Crippen LogP contribution in [0, 0.1) is 5.92 Å². The van der Waals surface area contributed by atoms with Gasteiger partial charge in [-0.05, 0) is 39.0 Å². The summed E-state index contributed by atoms with van der Waals surface area (Å²) >= 11 is 0. The van der Waals surface area contributed by atoms with Crippen molar-refractivity contribution in [3.63, 3.8) is 0 Å². The van der Waals surface area contributed by atoms with Gasteiger partial charge in [0.15, 0.2) is 0 Å². The first-order valence-corrected chi connectivity index (χ1v) is 7.14. The minimum absolute atomic E-state index is 0.0357. The van der Waals surface area contributed by atoms with Crippen LogP contribution < -0.4 is 5.32 Å². The average Bonchev–Trinajstić information content (AvgIpc) is 3.15. The number of hydrogen-bond donors (Lipinski definition) is 1. The topological polar surface area (TPSA) is 49.4 Å². The van der Waals surface area contributed by atoms with E-state index in [4.69, 9.17) is 0 Å². The van der Waals surface area contributed by atoms with Gasteiger partial charge in [-0.1, -0.05) is 19.8 Å². The zero-order valence-corrected chi connectivity index (χ0v) is 11.7. The third-order valence-corrected chi connectivity index (χ3v) is 4.36. The monoisotopic (exact) mass is 252 g/mol. The fraction of sp³-hybridized carbons (Fsp3) is 0.857. The lowest BCUT2D eigenvalue weighted by atomic mass is 9.88. The van der Waals surface area contributed by atoms with Gasteiger partial charge in [0, 0.05) is 6.54 Å². The molecule has 2 atom stereocenters. The number of unbranched alkanes of at least 4 members (excludes halogenated alkanes) is 2. The van der Waals surface area contributed by atoms with Crippen molar-refractivity contribution in [2.45, 2.75) is 64.5 Å². The summed E-state index contributed by atoms with van der Waals surface area (Å²) in [4.78, 5) is 26.5. The van der Waals surface area contributed by atoms with Crippen LogP contribution in [-0.2, 0) is 9.59 Å². The first kappa shape index (κ1) is 13.4. The second-order valence-corrected chi connectivity index (χ2v) is 5.81. The summed E-state index contributed by atoms with van der Waals surface area (Å²) in [5, 5.41) is 2.83. The van der Waals surface area contributed by atoms with E-state index in [-0.39, 0.29) is 17.9 Å². The van der Waals surface area contributed by atoms with Gasteiger partial charge in [-0.15, -0.1) is 0 Å². The van der Waals surface area contributed by atoms with E-state index in [0.29, 0.717) is 5.92 Å². The summed E-state index contributed by atoms with van der Waals surface area (Å²) in [6, 6.07) is -0.369. The molecule has 1 N–H and O–H groups in total. The van der Waals surface area contributed by atoms with Gasteiger partial charge in [-0.3, -0.25) is 9.59 Å². The minimum Gasteiger partial charge on any atom is -0.343 e. The molecule has 4 nitrogen and oxygen atoms in total. The van der Waals surface area contributed by atoms with E-state index < -0.39 is 5.54 Å². The van der Waals surface area contributed by atoms with E-state index in [1.165, 1.54) is 0 Å². The van der Waals surface area contributed by atoms with Crippen LogP contribution in [0.3, 0.4) is 0 Å². The molecule has 0 spiro atoms. The molecule has 2 aliphatic rings. The van der Waals surface area contributed by atoms with E-state index >= 15 is 0 Å². The Morgan fingerprint density at radius 3 is 2.56 bits per heavy atom. The van der Waals surface area contributed by atoms with Gasteiger partial charge in [-0.25, -0.2) is 0 Å². The van der Waals surface area contributed by atoms with Crippen LogP contribution in [0.5, 0.6) is 0 Å². The molecule has 0 bridgehead atoms. The molecule has 0 aromatic carbocycles. The molecule has 1 aliphatic heterocycles. The van der Waals surface area contributed by atoms with Crippen LogP contribution in [0.15, 0.2) is 0 Å². The molecule has 0 aromatic rings. The first-order valence-electron chi connectivity index (χ1n) is 7.14. The lowest BCUT2D eigenvalue weighted by Crippen LogP contribution is -2.69. The smallest absolute Gasteiger partial charge is 0.246 e. The summed E-state index contributed by atoms with van der Waals surface area (Å²) in [7, 11) is 0. The standard InChI is InChI=1S/C14H24N2O2/c1-4-5-6-9-16-12(17)10(2)15-13(18)14(16,3)11-7-8-11/h10-11H,4-9H2,1-3H3,(H,15,18). The van der Waals surface area contributed by atoms with Gasteiger partial charge >= 0.3 is 0 Å². The number of amides is 2. The number of nitrogens with one attached hydrogen (secondary N) is 1. The Morgan fingerprint density at radius 2 is 2.00 bits per heavy atom. The highest BCUT2D eigenvalue weighted by Crippen LogP contribution is 2.44. The van der Waals surface area contributed by atoms with Crippen molar-refractivity contribution in [2.24, 2.45) is 5.92 Å². The Hall–Kier alpha value is -1.06. The Labute approximate surface area is 109 Å². The SMILES string of the molecule is CCCCCN1C(=O)C(C)NC(=O)C1(C)C1CC1. The maximum absolute atomic E-state index is 12.3. The Balaban J connectivity index is 2.16. The molecule has 1 saturated carbocycles. The number of nitrogens with zero attached hydrogens (tertiary/aromatic N) is 1. The van der Waals surface area contributed by atoms with Crippen molar-refractivity contribution in [1.29, 1.82) is 0 Å². The van der Waals surface area contributed by atoms with E-state index in [1.807, 2.05) is 11.8 Å². The highest BCUT2D eigenvalue weighted by molar-refractivity contribution is 5.99. The zero-order valence-electron chi connectivity index (χ0n) is 11.7. The number of carbonyl (C=O) groups is 2. The molecule has 0 aromatic heterocycles. The first-order chi connectivity index (χ1) is 8.51. The fourth-order valence-corrected chi connectivity index (χ4v) is 2.90. The average molecular weight is 252 g/mol. The van der Waals surface area contributed by atoms with Crippen LogP contribution in [-0.4, -0.2) is 34.8 Å². The Bertz CT molecular complexity index is 352. The van der Waals surface area contributed by atoms with Crippen molar-refractivity contribution in [3.05, 3.63) is 0 Å². The highest BCUT2D eigenvalue weighted by atomic mass is 16.2. The molecule has 2 fully saturated rings. The van der Waals surface area contributed by atoms with E-state index in [2.05, 4.69) is 12.2 Å². The molecule has 102 valence electrons. The molecule has 1 saturated heterocycles. The minimum atomic E-state index is -0.600. The third kappa shape index (κ3) is 2.13. The van der Waals surface area contributed by atoms with Crippen molar-refractivity contribution in [2.75, 3.05) is 6.54 Å². The normalized spacial score (nSPS) is 32.6. The van der Waals surface area contributed by atoms with Gasteiger partial charge in [0.2, 0.25) is 11.8 Å². The fourth-order valence-electron chi connectivity index (χ4n) is 2.90. The van der Waals surface area contributed by atoms with Gasteiger partial charge in [-0.2, -0.15) is 0 Å². The van der Waals surface area contributed by atoms with Crippen LogP contribution in [0.2, 0.25) is 0 Å². The number of rotatable bonds is 5. The zero-order chi connectivity index (χ0) is 13.3. The number of piperazine rings is 1. The maximum Gasteiger partial charge on any atom is 0.246 e. The predicted octanol–water partition coefficient (Wildman–Crippen LogP) is 1.69. The van der Waals surface area contributed by atoms with Gasteiger partial charge in [0.25, 0.3) is 0 Å².